The van der Waals surface area contributed by atoms with Crippen LogP contribution in [0.1, 0.15) is 57.7 Å². The first-order valence-electron chi connectivity index (χ1n) is 12.6. The van der Waals surface area contributed by atoms with Gasteiger partial charge < -0.3 is 10.1 Å². The van der Waals surface area contributed by atoms with Crippen LogP contribution in [-0.2, 0) is 20.7 Å². The summed E-state index contributed by atoms with van der Waals surface area (Å²) in [6, 6.07) is 13.1. The van der Waals surface area contributed by atoms with E-state index in [9.17, 15) is 14.0 Å². The predicted octanol–water partition coefficient (Wildman–Crippen LogP) is 5.42. The molecule has 0 bridgehead atoms. The fourth-order valence-corrected chi connectivity index (χ4v) is 5.82. The van der Waals surface area contributed by atoms with Crippen LogP contribution in [0.2, 0.25) is 0 Å². The van der Waals surface area contributed by atoms with Crippen molar-refractivity contribution in [2.24, 2.45) is 4.99 Å². The number of esters is 1. The second-order valence-corrected chi connectivity index (χ2v) is 10.6. The molecule has 0 fully saturated rings. The van der Waals surface area contributed by atoms with Gasteiger partial charge in [-0.25, -0.2) is 4.39 Å². The van der Waals surface area contributed by atoms with Crippen molar-refractivity contribution >= 4 is 34.6 Å². The van der Waals surface area contributed by atoms with Gasteiger partial charge in [0.25, 0.3) is 0 Å². The van der Waals surface area contributed by atoms with E-state index >= 15 is 0 Å². The lowest BCUT2D eigenvalue weighted by Gasteiger charge is -2.12. The average molecular weight is 546 g/mol. The third kappa shape index (κ3) is 5.37. The van der Waals surface area contributed by atoms with E-state index in [1.807, 2.05) is 35.8 Å². The summed E-state index contributed by atoms with van der Waals surface area (Å²) in [5.41, 5.74) is 5.24. The van der Waals surface area contributed by atoms with Gasteiger partial charge in [0, 0.05) is 28.1 Å². The largest absolute Gasteiger partial charge is 0.469 e. The van der Waals surface area contributed by atoms with E-state index in [2.05, 4.69) is 29.4 Å². The molecule has 1 amide bonds. The lowest BCUT2D eigenvalue weighted by Crippen LogP contribution is -2.13. The number of methoxy groups -OCH3 is 1. The minimum absolute atomic E-state index is 0.0350. The van der Waals surface area contributed by atoms with Crippen molar-refractivity contribution in [1.29, 1.82) is 0 Å². The van der Waals surface area contributed by atoms with Crippen LogP contribution in [0.25, 0.3) is 5.00 Å². The predicted molar refractivity (Wildman–Crippen MR) is 148 cm³/mol. The van der Waals surface area contributed by atoms with Gasteiger partial charge in [0.05, 0.1) is 19.2 Å². The first-order valence-corrected chi connectivity index (χ1v) is 13.4. The van der Waals surface area contributed by atoms with E-state index in [4.69, 9.17) is 9.73 Å². The number of fused-ring (bicyclic) bond motifs is 3. The SMILES string of the molecule is COC(=O)C[C@@H]1N=C(c2ccc(NC(=O)CCc3ccc(F)cc3)cc2)c2c(sc(C)c2C)-n2c(C)nnc21. The van der Waals surface area contributed by atoms with E-state index in [0.717, 1.165) is 43.7 Å². The highest BCUT2D eigenvalue weighted by molar-refractivity contribution is 7.15. The molecule has 4 aromatic rings. The van der Waals surface area contributed by atoms with Gasteiger partial charge in [-0.05, 0) is 62.6 Å². The summed E-state index contributed by atoms with van der Waals surface area (Å²) in [7, 11) is 1.36. The molecule has 5 rings (SSSR count). The van der Waals surface area contributed by atoms with Crippen molar-refractivity contribution in [3.8, 4) is 5.00 Å². The van der Waals surface area contributed by atoms with Gasteiger partial charge in [0.1, 0.15) is 22.7 Å². The number of aliphatic imine (C=N–C) groups is 1. The zero-order valence-electron chi connectivity index (χ0n) is 22.1. The van der Waals surface area contributed by atoms with Crippen LogP contribution >= 0.6 is 11.3 Å². The Morgan fingerprint density at radius 1 is 1.05 bits per heavy atom. The molecule has 3 heterocycles. The Morgan fingerprint density at radius 3 is 2.46 bits per heavy atom. The number of anilines is 1. The van der Waals surface area contributed by atoms with Crippen molar-refractivity contribution in [3.05, 3.63) is 93.1 Å². The first kappa shape index (κ1) is 26.4. The lowest BCUT2D eigenvalue weighted by atomic mass is 9.99. The summed E-state index contributed by atoms with van der Waals surface area (Å²) in [6.07, 6.45) is 0.837. The average Bonchev–Trinajstić information content (AvgIpc) is 3.40. The Hall–Kier alpha value is -4.18. The highest BCUT2D eigenvalue weighted by atomic mass is 32.1. The van der Waals surface area contributed by atoms with Gasteiger partial charge in [-0.3, -0.25) is 19.1 Å². The molecule has 1 N–H and O–H groups in total. The van der Waals surface area contributed by atoms with Gasteiger partial charge in [-0.2, -0.15) is 0 Å². The number of benzene rings is 2. The number of aryl methyl sites for hydroxylation is 3. The fraction of sp³-hybridized carbons (Fsp3) is 0.276. The van der Waals surface area contributed by atoms with Crippen molar-refractivity contribution in [3.63, 3.8) is 0 Å². The molecule has 1 atom stereocenters. The van der Waals surface area contributed by atoms with Crippen LogP contribution in [0.5, 0.6) is 0 Å². The van der Waals surface area contributed by atoms with Crippen LogP contribution in [0.15, 0.2) is 53.5 Å². The quantitative estimate of drug-likeness (QED) is 0.313. The molecule has 0 aliphatic carbocycles. The molecule has 0 radical (unpaired) electrons. The number of carbonyl (C=O) groups is 2. The minimum Gasteiger partial charge on any atom is -0.469 e. The standard InChI is InChI=1S/C29H28FN5O3S/c1-16-17(2)39-29-26(16)27(32-23(15-25(37)38-4)28-34-33-18(3)35(28)29)20-8-12-22(13-9-20)31-24(36)14-7-19-5-10-21(30)11-6-19/h5-6,8-13,23H,7,14-15H2,1-4H3,(H,31,36)/t23-/m0/s1. The molecule has 10 heteroatoms. The molecule has 1 aliphatic heterocycles. The number of carbonyl (C=O) groups excluding carboxylic acids is 2. The van der Waals surface area contributed by atoms with Crippen molar-refractivity contribution in [2.45, 2.75) is 46.1 Å². The number of aromatic nitrogens is 3. The number of ether oxygens (including phenoxy) is 1. The number of halogens is 1. The molecule has 0 unspecified atom stereocenters. The smallest absolute Gasteiger partial charge is 0.308 e. The molecule has 39 heavy (non-hydrogen) atoms. The van der Waals surface area contributed by atoms with Crippen LogP contribution < -0.4 is 5.32 Å². The van der Waals surface area contributed by atoms with Gasteiger partial charge in [0.15, 0.2) is 5.82 Å². The summed E-state index contributed by atoms with van der Waals surface area (Å²) in [5, 5.41) is 12.5. The summed E-state index contributed by atoms with van der Waals surface area (Å²) < 4.78 is 20.0. The molecule has 0 spiro atoms. The maximum absolute atomic E-state index is 13.1. The number of hydrogen-bond acceptors (Lipinski definition) is 7. The van der Waals surface area contributed by atoms with E-state index in [1.165, 1.54) is 19.2 Å². The third-order valence-electron chi connectivity index (χ3n) is 6.82. The Labute approximate surface area is 229 Å². The maximum atomic E-state index is 13.1. The summed E-state index contributed by atoms with van der Waals surface area (Å²) in [4.78, 5) is 31.0. The molecule has 0 saturated heterocycles. The molecular formula is C29H28FN5O3S. The van der Waals surface area contributed by atoms with Crippen LogP contribution in [0.4, 0.5) is 10.1 Å². The van der Waals surface area contributed by atoms with Gasteiger partial charge in [-0.15, -0.1) is 21.5 Å². The molecule has 0 saturated carbocycles. The zero-order chi connectivity index (χ0) is 27.7. The molecule has 2 aromatic heterocycles. The van der Waals surface area contributed by atoms with Crippen LogP contribution in [-0.4, -0.2) is 39.5 Å². The number of amides is 1. The highest BCUT2D eigenvalue weighted by Crippen LogP contribution is 2.39. The Morgan fingerprint density at radius 2 is 1.77 bits per heavy atom. The number of hydrogen-bond donors (Lipinski definition) is 1. The molecule has 8 nitrogen and oxygen atoms in total. The Balaban J connectivity index is 1.43. The summed E-state index contributed by atoms with van der Waals surface area (Å²) >= 11 is 1.64. The Bertz CT molecular complexity index is 1570. The second kappa shape index (κ2) is 10.9. The minimum atomic E-state index is -0.571. The van der Waals surface area contributed by atoms with Crippen LogP contribution in [0, 0.1) is 26.6 Å². The number of rotatable bonds is 7. The topological polar surface area (TPSA) is 98.5 Å². The zero-order valence-corrected chi connectivity index (χ0v) is 22.9. The monoisotopic (exact) mass is 545 g/mol. The summed E-state index contributed by atoms with van der Waals surface area (Å²) in [5.74, 6) is 0.511. The van der Waals surface area contributed by atoms with Gasteiger partial charge in [-0.1, -0.05) is 24.3 Å². The van der Waals surface area contributed by atoms with E-state index in [1.54, 1.807) is 23.5 Å². The van der Waals surface area contributed by atoms with Crippen molar-refractivity contribution < 1.29 is 18.7 Å². The number of thiophene rings is 1. The lowest BCUT2D eigenvalue weighted by molar-refractivity contribution is -0.141. The fourth-order valence-electron chi connectivity index (χ4n) is 4.61. The molecular weight excluding hydrogens is 517 g/mol. The van der Waals surface area contributed by atoms with E-state index in [0.29, 0.717) is 17.9 Å². The number of nitrogens with one attached hydrogen (secondary N) is 1. The number of nitrogens with zero attached hydrogens (tertiary/aromatic N) is 4. The first-order chi connectivity index (χ1) is 18.7. The van der Waals surface area contributed by atoms with Crippen molar-refractivity contribution in [2.75, 3.05) is 12.4 Å². The molecule has 1 aliphatic rings. The second-order valence-electron chi connectivity index (χ2n) is 9.43. The Kier molecular flexibility index (Phi) is 7.38. The highest BCUT2D eigenvalue weighted by Gasteiger charge is 2.32. The maximum Gasteiger partial charge on any atom is 0.308 e. The normalized spacial score (nSPS) is 14.2. The third-order valence-corrected chi connectivity index (χ3v) is 8.02. The summed E-state index contributed by atoms with van der Waals surface area (Å²) in [6.45, 7) is 6.02. The van der Waals surface area contributed by atoms with Crippen molar-refractivity contribution in [1.82, 2.24) is 14.8 Å². The van der Waals surface area contributed by atoms with Gasteiger partial charge >= 0.3 is 5.97 Å². The van der Waals surface area contributed by atoms with Gasteiger partial charge in [0.2, 0.25) is 5.91 Å². The molecule has 2 aromatic carbocycles. The van der Waals surface area contributed by atoms with E-state index in [-0.39, 0.29) is 30.5 Å². The molecule has 200 valence electrons. The van der Waals surface area contributed by atoms with E-state index < -0.39 is 6.04 Å². The van der Waals surface area contributed by atoms with Crippen LogP contribution in [0.3, 0.4) is 0 Å².